The summed E-state index contributed by atoms with van der Waals surface area (Å²) in [5.41, 5.74) is 1.32. The number of esters is 1. The summed E-state index contributed by atoms with van der Waals surface area (Å²) in [6.07, 6.45) is 4.71. The van der Waals surface area contributed by atoms with Crippen molar-refractivity contribution in [3.05, 3.63) is 35.9 Å². The van der Waals surface area contributed by atoms with Gasteiger partial charge in [0.15, 0.2) is 18.7 Å². The van der Waals surface area contributed by atoms with Crippen molar-refractivity contribution >= 4 is 5.97 Å². The predicted octanol–water partition coefficient (Wildman–Crippen LogP) is 4.89. The molecule has 2 aliphatic rings. The van der Waals surface area contributed by atoms with Gasteiger partial charge in [0.05, 0.1) is 6.10 Å². The standard InChI is InChI=1S/C26H40O6/c1-5-28-18(3)30-22(15-12-20-10-8-7-9-11-20)16-13-21-14-17-23-24(21)25(26(27)32-23)31-19(4)29-6-2/h7-11,18-19,21-25H,5-6,12-17H2,1-4H3/t18?,19?,21?,22-,23?,24?,25?/m0/s1. The highest BCUT2D eigenvalue weighted by Crippen LogP contribution is 2.45. The summed E-state index contributed by atoms with van der Waals surface area (Å²) in [6.45, 7) is 8.91. The van der Waals surface area contributed by atoms with Gasteiger partial charge in [0.2, 0.25) is 0 Å². The van der Waals surface area contributed by atoms with E-state index < -0.39 is 12.4 Å². The number of hydrogen-bond acceptors (Lipinski definition) is 6. The van der Waals surface area contributed by atoms with Gasteiger partial charge in [0.1, 0.15) is 6.10 Å². The number of carbonyl (C=O) groups is 1. The topological polar surface area (TPSA) is 63.2 Å². The summed E-state index contributed by atoms with van der Waals surface area (Å²) in [5, 5.41) is 0. The first-order chi connectivity index (χ1) is 15.5. The lowest BCUT2D eigenvalue weighted by Crippen LogP contribution is -2.35. The highest BCUT2D eigenvalue weighted by Gasteiger charge is 2.53. The monoisotopic (exact) mass is 448 g/mol. The van der Waals surface area contributed by atoms with Crippen LogP contribution in [0.4, 0.5) is 0 Å². The van der Waals surface area contributed by atoms with Crippen molar-refractivity contribution in [1.82, 2.24) is 0 Å². The molecule has 0 amide bonds. The second-order valence-electron chi connectivity index (χ2n) is 8.85. The van der Waals surface area contributed by atoms with Crippen molar-refractivity contribution in [3.63, 3.8) is 0 Å². The fourth-order valence-corrected chi connectivity index (χ4v) is 5.18. The van der Waals surface area contributed by atoms with Crippen molar-refractivity contribution in [2.75, 3.05) is 13.2 Å². The fourth-order valence-electron chi connectivity index (χ4n) is 5.18. The zero-order chi connectivity index (χ0) is 22.9. The summed E-state index contributed by atoms with van der Waals surface area (Å²) in [5.74, 6) is 0.248. The van der Waals surface area contributed by atoms with Crippen LogP contribution in [0.15, 0.2) is 30.3 Å². The lowest BCUT2D eigenvalue weighted by atomic mass is 9.86. The molecule has 180 valence electrons. The molecule has 1 saturated heterocycles. The van der Waals surface area contributed by atoms with Gasteiger partial charge < -0.3 is 23.7 Å². The average Bonchev–Trinajstić information content (AvgIpc) is 3.30. The Morgan fingerprint density at radius 3 is 2.44 bits per heavy atom. The Bertz CT molecular complexity index is 680. The highest BCUT2D eigenvalue weighted by atomic mass is 16.7. The van der Waals surface area contributed by atoms with E-state index in [4.69, 9.17) is 23.7 Å². The van der Waals surface area contributed by atoms with Crippen molar-refractivity contribution in [1.29, 1.82) is 0 Å². The third-order valence-electron chi connectivity index (χ3n) is 6.63. The van der Waals surface area contributed by atoms with Gasteiger partial charge >= 0.3 is 5.97 Å². The van der Waals surface area contributed by atoms with Gasteiger partial charge in [-0.1, -0.05) is 30.3 Å². The number of rotatable bonds is 14. The zero-order valence-electron chi connectivity index (χ0n) is 20.0. The van der Waals surface area contributed by atoms with Gasteiger partial charge in [0.25, 0.3) is 0 Å². The second-order valence-corrected chi connectivity index (χ2v) is 8.85. The second kappa shape index (κ2) is 12.7. The molecule has 1 aromatic rings. The average molecular weight is 449 g/mol. The van der Waals surface area contributed by atoms with Crippen LogP contribution in [-0.2, 0) is 34.9 Å². The van der Waals surface area contributed by atoms with E-state index in [-0.39, 0.29) is 30.4 Å². The third-order valence-corrected chi connectivity index (χ3v) is 6.63. The Hall–Kier alpha value is -1.47. The Labute approximate surface area is 192 Å². The molecule has 0 spiro atoms. The van der Waals surface area contributed by atoms with Gasteiger partial charge in [-0.2, -0.15) is 0 Å². The quantitative estimate of drug-likeness (QED) is 0.298. The number of carbonyl (C=O) groups excluding carboxylic acids is 1. The minimum atomic E-state index is -0.528. The highest BCUT2D eigenvalue weighted by molar-refractivity contribution is 5.78. The maximum absolute atomic E-state index is 12.4. The Morgan fingerprint density at radius 2 is 1.72 bits per heavy atom. The summed E-state index contributed by atoms with van der Waals surface area (Å²) >= 11 is 0. The fraction of sp³-hybridized carbons (Fsp3) is 0.731. The molecule has 2 fully saturated rings. The van der Waals surface area contributed by atoms with Gasteiger partial charge in [-0.25, -0.2) is 4.79 Å². The molecule has 3 rings (SSSR count). The molecule has 1 saturated carbocycles. The number of hydrogen-bond donors (Lipinski definition) is 0. The molecule has 6 nitrogen and oxygen atoms in total. The summed E-state index contributed by atoms with van der Waals surface area (Å²) in [7, 11) is 0. The van der Waals surface area contributed by atoms with Crippen molar-refractivity contribution < 1.29 is 28.5 Å². The van der Waals surface area contributed by atoms with E-state index in [0.717, 1.165) is 38.5 Å². The van der Waals surface area contributed by atoms with Gasteiger partial charge in [-0.3, -0.25) is 0 Å². The van der Waals surface area contributed by atoms with E-state index in [2.05, 4.69) is 24.3 Å². The molecular formula is C26H40O6. The molecule has 7 atom stereocenters. The van der Waals surface area contributed by atoms with Gasteiger partial charge in [0, 0.05) is 19.1 Å². The van der Waals surface area contributed by atoms with Crippen LogP contribution in [0.2, 0.25) is 0 Å². The van der Waals surface area contributed by atoms with Crippen molar-refractivity contribution in [2.45, 2.75) is 97.1 Å². The lowest BCUT2D eigenvalue weighted by Gasteiger charge is -2.27. The van der Waals surface area contributed by atoms with Crippen LogP contribution in [0, 0.1) is 11.8 Å². The molecule has 6 heteroatoms. The first kappa shape index (κ1) is 25.2. The van der Waals surface area contributed by atoms with Crippen LogP contribution in [-0.4, -0.2) is 50.1 Å². The minimum Gasteiger partial charge on any atom is -0.460 e. The van der Waals surface area contributed by atoms with Crippen molar-refractivity contribution in [2.24, 2.45) is 11.8 Å². The van der Waals surface area contributed by atoms with Crippen LogP contribution in [0.1, 0.15) is 65.4 Å². The number of ether oxygens (including phenoxy) is 5. The smallest absolute Gasteiger partial charge is 0.336 e. The van der Waals surface area contributed by atoms with Crippen LogP contribution >= 0.6 is 0 Å². The van der Waals surface area contributed by atoms with E-state index in [9.17, 15) is 4.79 Å². The van der Waals surface area contributed by atoms with Crippen LogP contribution in [0.25, 0.3) is 0 Å². The molecule has 1 aromatic carbocycles. The number of benzene rings is 1. The molecule has 1 heterocycles. The minimum absolute atomic E-state index is 0.0302. The Kier molecular flexibility index (Phi) is 9.97. The first-order valence-electron chi connectivity index (χ1n) is 12.3. The van der Waals surface area contributed by atoms with Crippen molar-refractivity contribution in [3.8, 4) is 0 Å². The Morgan fingerprint density at radius 1 is 1.00 bits per heavy atom. The van der Waals surface area contributed by atoms with Gasteiger partial charge in [-0.15, -0.1) is 0 Å². The van der Waals surface area contributed by atoms with Crippen LogP contribution in [0.5, 0.6) is 0 Å². The SMILES string of the molecule is CCOC(C)OC1C(=O)OC2CCC(CC[C@H](CCc3ccccc3)OC(C)OCC)C21. The first-order valence-corrected chi connectivity index (χ1v) is 12.3. The van der Waals surface area contributed by atoms with E-state index in [1.807, 2.05) is 33.8 Å². The number of aryl methyl sites for hydroxylation is 1. The molecule has 6 unspecified atom stereocenters. The molecule has 0 aromatic heterocycles. The van der Waals surface area contributed by atoms with Gasteiger partial charge in [-0.05, 0) is 77.7 Å². The molecule has 1 aliphatic carbocycles. The molecule has 1 aliphatic heterocycles. The normalized spacial score (nSPS) is 27.7. The maximum Gasteiger partial charge on any atom is 0.336 e. The molecule has 0 bridgehead atoms. The summed E-state index contributed by atoms with van der Waals surface area (Å²) < 4.78 is 29.0. The maximum atomic E-state index is 12.4. The number of fused-ring (bicyclic) bond motifs is 1. The van der Waals surface area contributed by atoms with E-state index in [1.54, 1.807) is 0 Å². The molecular weight excluding hydrogens is 408 g/mol. The third kappa shape index (κ3) is 7.01. The van der Waals surface area contributed by atoms with Crippen LogP contribution < -0.4 is 0 Å². The summed E-state index contributed by atoms with van der Waals surface area (Å²) in [4.78, 5) is 12.4. The largest absolute Gasteiger partial charge is 0.460 e. The summed E-state index contributed by atoms with van der Waals surface area (Å²) in [6, 6.07) is 10.5. The van der Waals surface area contributed by atoms with E-state index >= 15 is 0 Å². The predicted molar refractivity (Wildman–Crippen MR) is 122 cm³/mol. The Balaban J connectivity index is 1.58. The molecule has 0 N–H and O–H groups in total. The molecule has 32 heavy (non-hydrogen) atoms. The van der Waals surface area contributed by atoms with E-state index in [1.165, 1.54) is 5.56 Å². The van der Waals surface area contributed by atoms with Crippen LogP contribution in [0.3, 0.4) is 0 Å². The molecule has 0 radical (unpaired) electrons. The van der Waals surface area contributed by atoms with E-state index in [0.29, 0.717) is 19.1 Å². The lowest BCUT2D eigenvalue weighted by molar-refractivity contribution is -0.182. The zero-order valence-corrected chi connectivity index (χ0v) is 20.0.